The van der Waals surface area contributed by atoms with Crippen LogP contribution < -0.4 is 4.90 Å². The summed E-state index contributed by atoms with van der Waals surface area (Å²) < 4.78 is 0. The first-order valence-corrected chi connectivity index (χ1v) is 10.4. The van der Waals surface area contributed by atoms with E-state index < -0.39 is 0 Å². The molecule has 1 aliphatic rings. The van der Waals surface area contributed by atoms with Crippen molar-refractivity contribution in [3.8, 4) is 6.07 Å². The molecule has 0 bridgehead atoms. The fraction of sp³-hybridized carbons (Fsp3) is 0.435. The second kappa shape index (κ2) is 8.74. The second-order valence-corrected chi connectivity index (χ2v) is 9.55. The quantitative estimate of drug-likeness (QED) is 0.600. The highest BCUT2D eigenvalue weighted by molar-refractivity contribution is 6.32. The molecule has 0 unspecified atom stereocenters. The molecule has 2 aromatic rings. The fourth-order valence-corrected chi connectivity index (χ4v) is 4.31. The summed E-state index contributed by atoms with van der Waals surface area (Å²) in [6.07, 6.45) is 1.10. The first kappa shape index (κ1) is 21.0. The van der Waals surface area contributed by atoms with Gasteiger partial charge in [0.1, 0.15) is 6.07 Å². The van der Waals surface area contributed by atoms with E-state index in [1.807, 2.05) is 30.3 Å². The van der Waals surface area contributed by atoms with E-state index >= 15 is 0 Å². The van der Waals surface area contributed by atoms with Gasteiger partial charge in [-0.15, -0.1) is 0 Å². The number of nitriles is 1. The van der Waals surface area contributed by atoms with E-state index in [4.69, 9.17) is 23.2 Å². The number of hydrogen-bond acceptors (Lipinski definition) is 3. The van der Waals surface area contributed by atoms with Crippen LogP contribution in [0.15, 0.2) is 42.5 Å². The van der Waals surface area contributed by atoms with E-state index in [0.29, 0.717) is 16.6 Å². The first-order valence-electron chi connectivity index (χ1n) is 9.69. The van der Waals surface area contributed by atoms with Gasteiger partial charge in [-0.3, -0.25) is 0 Å². The van der Waals surface area contributed by atoms with E-state index in [1.165, 1.54) is 0 Å². The Morgan fingerprint density at radius 1 is 1.14 bits per heavy atom. The van der Waals surface area contributed by atoms with Crippen molar-refractivity contribution in [2.24, 2.45) is 5.41 Å². The minimum atomic E-state index is 0.278. The third-order valence-electron chi connectivity index (χ3n) is 5.09. The molecular formula is C23H27Cl2N3. The highest BCUT2D eigenvalue weighted by Crippen LogP contribution is 2.31. The standard InChI is InChI=1S/C23H27Cl2N3/c1-23(2,3)16-27-11-10-20(15-27)28(14-18-6-4-5-7-21(18)24)19-9-8-17(13-26)22(25)12-19/h4-9,12,20H,10-11,14-16H2,1-3H3/t20-/m0/s1. The van der Waals surface area contributed by atoms with Crippen molar-refractivity contribution in [2.45, 2.75) is 39.8 Å². The lowest BCUT2D eigenvalue weighted by Gasteiger charge is -2.33. The Morgan fingerprint density at radius 2 is 1.89 bits per heavy atom. The van der Waals surface area contributed by atoms with Crippen LogP contribution in [0.1, 0.15) is 38.3 Å². The molecule has 1 atom stereocenters. The van der Waals surface area contributed by atoms with Crippen LogP contribution in [-0.4, -0.2) is 30.6 Å². The highest BCUT2D eigenvalue weighted by Gasteiger charge is 2.30. The number of rotatable bonds is 5. The summed E-state index contributed by atoms with van der Waals surface area (Å²) in [5.41, 5.74) is 2.91. The van der Waals surface area contributed by atoms with Crippen molar-refractivity contribution >= 4 is 28.9 Å². The third-order valence-corrected chi connectivity index (χ3v) is 5.77. The molecule has 1 aliphatic heterocycles. The van der Waals surface area contributed by atoms with E-state index in [2.05, 4.69) is 42.7 Å². The van der Waals surface area contributed by atoms with Crippen LogP contribution in [-0.2, 0) is 6.54 Å². The predicted octanol–water partition coefficient (Wildman–Crippen LogP) is 5.99. The molecule has 5 heteroatoms. The Kier molecular flexibility index (Phi) is 6.55. The van der Waals surface area contributed by atoms with Gasteiger partial charge in [0.05, 0.1) is 10.6 Å². The average molecular weight is 416 g/mol. The molecule has 0 saturated carbocycles. The Morgan fingerprint density at radius 3 is 2.54 bits per heavy atom. The number of halogens is 2. The van der Waals surface area contributed by atoms with Gasteiger partial charge in [0.15, 0.2) is 0 Å². The topological polar surface area (TPSA) is 30.3 Å². The van der Waals surface area contributed by atoms with Gasteiger partial charge in [-0.2, -0.15) is 5.26 Å². The number of nitrogens with zero attached hydrogens (tertiary/aromatic N) is 3. The van der Waals surface area contributed by atoms with Gasteiger partial charge in [0.2, 0.25) is 0 Å². The molecule has 148 valence electrons. The zero-order valence-corrected chi connectivity index (χ0v) is 18.3. The van der Waals surface area contributed by atoms with E-state index in [0.717, 1.165) is 48.9 Å². The summed E-state index contributed by atoms with van der Waals surface area (Å²) in [5, 5.41) is 10.5. The van der Waals surface area contributed by atoms with Crippen LogP contribution in [0.4, 0.5) is 5.69 Å². The number of likely N-dealkylation sites (tertiary alicyclic amines) is 1. The van der Waals surface area contributed by atoms with Crippen LogP contribution in [0.5, 0.6) is 0 Å². The largest absolute Gasteiger partial charge is 0.363 e. The van der Waals surface area contributed by atoms with E-state index in [1.54, 1.807) is 6.07 Å². The summed E-state index contributed by atoms with van der Waals surface area (Å²) in [6, 6.07) is 16.2. The van der Waals surface area contributed by atoms with Gasteiger partial charge >= 0.3 is 0 Å². The molecule has 0 spiro atoms. The smallest absolute Gasteiger partial charge is 0.101 e. The van der Waals surface area contributed by atoms with Gasteiger partial charge in [-0.25, -0.2) is 0 Å². The zero-order chi connectivity index (χ0) is 20.3. The number of hydrogen-bond donors (Lipinski definition) is 0. The van der Waals surface area contributed by atoms with Gasteiger partial charge < -0.3 is 9.80 Å². The minimum absolute atomic E-state index is 0.278. The van der Waals surface area contributed by atoms with Gasteiger partial charge in [0, 0.05) is 42.9 Å². The van der Waals surface area contributed by atoms with Gasteiger partial charge in [0.25, 0.3) is 0 Å². The van der Waals surface area contributed by atoms with Crippen molar-refractivity contribution in [2.75, 3.05) is 24.5 Å². The Bertz CT molecular complexity index is 867. The van der Waals surface area contributed by atoms with Gasteiger partial charge in [-0.05, 0) is 41.7 Å². The number of anilines is 1. The first-order chi connectivity index (χ1) is 13.3. The maximum atomic E-state index is 9.20. The maximum Gasteiger partial charge on any atom is 0.101 e. The molecule has 28 heavy (non-hydrogen) atoms. The molecule has 1 saturated heterocycles. The second-order valence-electron chi connectivity index (χ2n) is 8.73. The molecular weight excluding hydrogens is 389 g/mol. The maximum absolute atomic E-state index is 9.20. The van der Waals surface area contributed by atoms with Crippen LogP contribution in [0.2, 0.25) is 10.0 Å². The lowest BCUT2D eigenvalue weighted by molar-refractivity contribution is 0.224. The van der Waals surface area contributed by atoms with Crippen LogP contribution in [0.25, 0.3) is 0 Å². The molecule has 0 radical (unpaired) electrons. The van der Waals surface area contributed by atoms with E-state index in [9.17, 15) is 5.26 Å². The molecule has 3 rings (SSSR count). The molecule has 0 N–H and O–H groups in total. The Hall–Kier alpha value is -1.73. The zero-order valence-electron chi connectivity index (χ0n) is 16.8. The Labute approximate surface area is 178 Å². The Balaban J connectivity index is 1.88. The van der Waals surface area contributed by atoms with Crippen LogP contribution >= 0.6 is 23.2 Å². The fourth-order valence-electron chi connectivity index (χ4n) is 3.90. The summed E-state index contributed by atoms with van der Waals surface area (Å²) in [6.45, 7) is 10.7. The molecule has 3 nitrogen and oxygen atoms in total. The molecule has 1 fully saturated rings. The third kappa shape index (κ3) is 5.20. The number of benzene rings is 2. The SMILES string of the molecule is CC(C)(C)CN1CC[C@H](N(Cc2ccccc2Cl)c2ccc(C#N)c(Cl)c2)C1. The van der Waals surface area contributed by atoms with Crippen molar-refractivity contribution in [1.82, 2.24) is 4.90 Å². The lowest BCUT2D eigenvalue weighted by Crippen LogP contribution is -2.39. The van der Waals surface area contributed by atoms with Crippen molar-refractivity contribution < 1.29 is 0 Å². The predicted molar refractivity (Wildman–Crippen MR) is 118 cm³/mol. The minimum Gasteiger partial charge on any atom is -0.363 e. The van der Waals surface area contributed by atoms with Crippen molar-refractivity contribution in [3.63, 3.8) is 0 Å². The summed E-state index contributed by atoms with van der Waals surface area (Å²) in [5.74, 6) is 0. The summed E-state index contributed by atoms with van der Waals surface area (Å²) >= 11 is 12.8. The van der Waals surface area contributed by atoms with Crippen molar-refractivity contribution in [1.29, 1.82) is 5.26 Å². The highest BCUT2D eigenvalue weighted by atomic mass is 35.5. The average Bonchev–Trinajstić information content (AvgIpc) is 3.07. The normalized spacial score (nSPS) is 17.5. The lowest BCUT2D eigenvalue weighted by atomic mass is 9.96. The molecule has 0 amide bonds. The molecule has 1 heterocycles. The van der Waals surface area contributed by atoms with Crippen molar-refractivity contribution in [3.05, 3.63) is 63.6 Å². The summed E-state index contributed by atoms with van der Waals surface area (Å²) in [4.78, 5) is 4.92. The summed E-state index contributed by atoms with van der Waals surface area (Å²) in [7, 11) is 0. The molecule has 0 aromatic heterocycles. The molecule has 0 aliphatic carbocycles. The van der Waals surface area contributed by atoms with Gasteiger partial charge in [-0.1, -0.05) is 62.2 Å². The molecule has 2 aromatic carbocycles. The van der Waals surface area contributed by atoms with E-state index in [-0.39, 0.29) is 5.41 Å². The van der Waals surface area contributed by atoms with Crippen LogP contribution in [0, 0.1) is 16.7 Å². The monoisotopic (exact) mass is 415 g/mol. The van der Waals surface area contributed by atoms with Crippen LogP contribution in [0.3, 0.4) is 0 Å².